The van der Waals surface area contributed by atoms with Crippen molar-refractivity contribution < 1.29 is 13.2 Å². The van der Waals surface area contributed by atoms with Crippen LogP contribution in [-0.4, -0.2) is 36.9 Å². The van der Waals surface area contributed by atoms with Gasteiger partial charge in [-0.3, -0.25) is 4.79 Å². The standard InChI is InChI=1S/C15H20N2O3S/c1-12(21(2,19)20)15(18)16-9-5-10-17-11-8-13-6-3-4-7-14(13)17/h3-4,6-8,11-12H,5,9-10H2,1-2H3,(H,16,18)/t12-/m0/s1. The van der Waals surface area contributed by atoms with Gasteiger partial charge in [0, 0.05) is 31.1 Å². The summed E-state index contributed by atoms with van der Waals surface area (Å²) in [6.45, 7) is 2.65. The molecule has 0 unspecified atom stereocenters. The molecule has 1 aromatic heterocycles. The summed E-state index contributed by atoms with van der Waals surface area (Å²) in [5.41, 5.74) is 1.16. The Morgan fingerprint density at radius 2 is 2.00 bits per heavy atom. The first kappa shape index (κ1) is 15.6. The first-order chi connectivity index (χ1) is 9.89. The number of nitrogens with zero attached hydrogens (tertiary/aromatic N) is 1. The van der Waals surface area contributed by atoms with Crippen LogP contribution in [0.2, 0.25) is 0 Å². The van der Waals surface area contributed by atoms with Gasteiger partial charge in [0.15, 0.2) is 9.84 Å². The Kier molecular flexibility index (Phi) is 4.67. The second-order valence-corrected chi connectivity index (χ2v) is 7.55. The fraction of sp³-hybridized carbons (Fsp3) is 0.400. The Morgan fingerprint density at radius 1 is 1.29 bits per heavy atom. The number of amides is 1. The smallest absolute Gasteiger partial charge is 0.238 e. The lowest BCUT2D eigenvalue weighted by Gasteiger charge is -2.11. The number of rotatable bonds is 6. The molecule has 1 atom stereocenters. The molecule has 1 amide bonds. The van der Waals surface area contributed by atoms with E-state index in [1.165, 1.54) is 12.3 Å². The first-order valence-corrected chi connectivity index (χ1v) is 8.85. The highest BCUT2D eigenvalue weighted by molar-refractivity contribution is 7.92. The van der Waals surface area contributed by atoms with Crippen LogP contribution in [0.25, 0.3) is 10.9 Å². The lowest BCUT2D eigenvalue weighted by molar-refractivity contribution is -0.120. The minimum atomic E-state index is -3.33. The average Bonchev–Trinajstić information content (AvgIpc) is 2.85. The van der Waals surface area contributed by atoms with Crippen LogP contribution >= 0.6 is 0 Å². The summed E-state index contributed by atoms with van der Waals surface area (Å²) in [4.78, 5) is 11.7. The van der Waals surface area contributed by atoms with E-state index in [0.29, 0.717) is 6.54 Å². The maximum absolute atomic E-state index is 11.7. The van der Waals surface area contributed by atoms with Crippen LogP contribution in [0.15, 0.2) is 36.5 Å². The quantitative estimate of drug-likeness (QED) is 0.824. The zero-order valence-electron chi connectivity index (χ0n) is 12.2. The van der Waals surface area contributed by atoms with Crippen LogP contribution in [-0.2, 0) is 21.2 Å². The van der Waals surface area contributed by atoms with Crippen molar-refractivity contribution in [2.45, 2.75) is 25.1 Å². The van der Waals surface area contributed by atoms with E-state index in [1.807, 2.05) is 18.3 Å². The summed E-state index contributed by atoms with van der Waals surface area (Å²) in [7, 11) is -3.33. The predicted molar refractivity (Wildman–Crippen MR) is 83.9 cm³/mol. The Morgan fingerprint density at radius 3 is 2.71 bits per heavy atom. The van der Waals surface area contributed by atoms with Gasteiger partial charge < -0.3 is 9.88 Å². The van der Waals surface area contributed by atoms with E-state index in [1.54, 1.807) is 0 Å². The van der Waals surface area contributed by atoms with E-state index in [4.69, 9.17) is 0 Å². The number of para-hydroxylation sites is 1. The largest absolute Gasteiger partial charge is 0.355 e. The maximum Gasteiger partial charge on any atom is 0.238 e. The van der Waals surface area contributed by atoms with Crippen molar-refractivity contribution in [1.29, 1.82) is 0 Å². The summed E-state index contributed by atoms with van der Waals surface area (Å²) in [6, 6.07) is 10.2. The number of carbonyl (C=O) groups excluding carboxylic acids is 1. The summed E-state index contributed by atoms with van der Waals surface area (Å²) >= 11 is 0. The van der Waals surface area contributed by atoms with Crippen molar-refractivity contribution in [3.63, 3.8) is 0 Å². The SMILES string of the molecule is C[C@@H](C(=O)NCCCn1ccc2ccccc21)S(C)(=O)=O. The van der Waals surface area contributed by atoms with Crippen molar-refractivity contribution in [1.82, 2.24) is 9.88 Å². The third-order valence-corrected chi connectivity index (χ3v) is 5.07. The van der Waals surface area contributed by atoms with E-state index in [-0.39, 0.29) is 0 Å². The topological polar surface area (TPSA) is 68.2 Å². The van der Waals surface area contributed by atoms with Gasteiger partial charge in [-0.05, 0) is 30.9 Å². The summed E-state index contributed by atoms with van der Waals surface area (Å²) in [5.74, 6) is -0.435. The van der Waals surface area contributed by atoms with Crippen LogP contribution in [0.3, 0.4) is 0 Å². The molecule has 0 bridgehead atoms. The van der Waals surface area contributed by atoms with Crippen molar-refractivity contribution >= 4 is 26.6 Å². The van der Waals surface area contributed by atoms with Gasteiger partial charge in [-0.15, -0.1) is 0 Å². The Bertz CT molecular complexity index is 734. The lowest BCUT2D eigenvalue weighted by atomic mass is 10.2. The van der Waals surface area contributed by atoms with Crippen LogP contribution in [0, 0.1) is 0 Å². The van der Waals surface area contributed by atoms with Gasteiger partial charge in [-0.2, -0.15) is 0 Å². The molecule has 21 heavy (non-hydrogen) atoms. The fourth-order valence-electron chi connectivity index (χ4n) is 2.13. The zero-order chi connectivity index (χ0) is 15.5. The molecule has 1 aromatic carbocycles. The highest BCUT2D eigenvalue weighted by atomic mass is 32.2. The highest BCUT2D eigenvalue weighted by Crippen LogP contribution is 2.15. The van der Waals surface area contributed by atoms with E-state index < -0.39 is 21.0 Å². The third kappa shape index (κ3) is 3.85. The average molecular weight is 308 g/mol. The van der Waals surface area contributed by atoms with Crippen molar-refractivity contribution in [2.24, 2.45) is 0 Å². The van der Waals surface area contributed by atoms with E-state index in [9.17, 15) is 13.2 Å². The minimum Gasteiger partial charge on any atom is -0.355 e. The second kappa shape index (κ2) is 6.30. The number of carbonyl (C=O) groups is 1. The molecular weight excluding hydrogens is 288 g/mol. The van der Waals surface area contributed by atoms with Gasteiger partial charge in [-0.25, -0.2) is 8.42 Å². The van der Waals surface area contributed by atoms with Crippen LogP contribution in [0.1, 0.15) is 13.3 Å². The van der Waals surface area contributed by atoms with Gasteiger partial charge in [-0.1, -0.05) is 18.2 Å². The predicted octanol–water partition coefficient (Wildman–Crippen LogP) is 1.58. The van der Waals surface area contributed by atoms with Gasteiger partial charge in [0.1, 0.15) is 5.25 Å². The molecule has 1 heterocycles. The normalized spacial score (nSPS) is 13.2. The van der Waals surface area contributed by atoms with Crippen molar-refractivity contribution in [3.05, 3.63) is 36.5 Å². The van der Waals surface area contributed by atoms with Gasteiger partial charge in [0.05, 0.1) is 0 Å². The monoisotopic (exact) mass is 308 g/mol. The van der Waals surface area contributed by atoms with Gasteiger partial charge >= 0.3 is 0 Å². The molecule has 5 nitrogen and oxygen atoms in total. The van der Waals surface area contributed by atoms with Crippen LogP contribution in [0.4, 0.5) is 0 Å². The molecular formula is C15H20N2O3S. The molecule has 0 saturated heterocycles. The summed E-state index contributed by atoms with van der Waals surface area (Å²) in [6.07, 6.45) is 3.84. The summed E-state index contributed by atoms with van der Waals surface area (Å²) < 4.78 is 24.7. The molecule has 0 fully saturated rings. The number of benzene rings is 1. The third-order valence-electron chi connectivity index (χ3n) is 3.57. The van der Waals surface area contributed by atoms with Crippen molar-refractivity contribution in [2.75, 3.05) is 12.8 Å². The molecule has 0 saturated carbocycles. The molecule has 0 aliphatic heterocycles. The molecule has 0 spiro atoms. The summed E-state index contributed by atoms with van der Waals surface area (Å²) in [5, 5.41) is 2.86. The van der Waals surface area contributed by atoms with Gasteiger partial charge in [0.25, 0.3) is 0 Å². The van der Waals surface area contributed by atoms with Gasteiger partial charge in [0.2, 0.25) is 5.91 Å². The Hall–Kier alpha value is -1.82. The number of hydrogen-bond donors (Lipinski definition) is 1. The zero-order valence-corrected chi connectivity index (χ0v) is 13.1. The van der Waals surface area contributed by atoms with Crippen molar-refractivity contribution in [3.8, 4) is 0 Å². The molecule has 0 radical (unpaired) electrons. The first-order valence-electron chi connectivity index (χ1n) is 6.90. The second-order valence-electron chi connectivity index (χ2n) is 5.18. The number of aryl methyl sites for hydroxylation is 1. The highest BCUT2D eigenvalue weighted by Gasteiger charge is 2.22. The molecule has 1 N–H and O–H groups in total. The minimum absolute atomic E-state index is 0.435. The molecule has 0 aliphatic rings. The lowest BCUT2D eigenvalue weighted by Crippen LogP contribution is -2.38. The van der Waals surface area contributed by atoms with E-state index in [0.717, 1.165) is 24.7 Å². The Labute approximate surface area is 124 Å². The fourth-order valence-corrected chi connectivity index (χ4v) is 2.61. The molecule has 2 rings (SSSR count). The Balaban J connectivity index is 1.84. The molecule has 114 valence electrons. The number of fused-ring (bicyclic) bond motifs is 1. The molecule has 0 aliphatic carbocycles. The number of aromatic nitrogens is 1. The van der Waals surface area contributed by atoms with E-state index >= 15 is 0 Å². The maximum atomic E-state index is 11.7. The van der Waals surface area contributed by atoms with Crippen LogP contribution in [0.5, 0.6) is 0 Å². The number of hydrogen-bond acceptors (Lipinski definition) is 3. The van der Waals surface area contributed by atoms with E-state index in [2.05, 4.69) is 28.1 Å². The molecule has 6 heteroatoms. The molecule has 2 aromatic rings. The number of sulfone groups is 1. The van der Waals surface area contributed by atoms with Crippen LogP contribution < -0.4 is 5.32 Å². The number of nitrogens with one attached hydrogen (secondary N) is 1.